The molecule has 2 aromatic carbocycles. The molecule has 10 heteroatoms. The lowest BCUT2D eigenvalue weighted by atomic mass is 10.1. The third-order valence-electron chi connectivity index (χ3n) is 4.29. The molecule has 3 amide bonds. The summed E-state index contributed by atoms with van der Waals surface area (Å²) in [6.45, 7) is 0.133. The van der Waals surface area contributed by atoms with Crippen molar-refractivity contribution in [3.05, 3.63) is 58.1 Å². The molecule has 0 aliphatic carbocycles. The number of nitriles is 1. The van der Waals surface area contributed by atoms with Crippen LogP contribution < -0.4 is 21.1 Å². The fraction of sp³-hybridized carbons (Fsp3) is 0.238. The van der Waals surface area contributed by atoms with E-state index in [4.69, 9.17) is 27.3 Å². The molecular formula is C21H21ClN4O5. The van der Waals surface area contributed by atoms with E-state index < -0.39 is 23.8 Å². The quantitative estimate of drug-likeness (QED) is 0.461. The Morgan fingerprint density at radius 1 is 1.26 bits per heavy atom. The average Bonchev–Trinajstić information content (AvgIpc) is 2.75. The Bertz CT molecular complexity index is 1030. The van der Waals surface area contributed by atoms with Gasteiger partial charge < -0.3 is 26.2 Å². The zero-order chi connectivity index (χ0) is 23.0. The molecule has 162 valence electrons. The van der Waals surface area contributed by atoms with Gasteiger partial charge in [-0.1, -0.05) is 17.7 Å². The molecular weight excluding hydrogens is 424 g/mol. The number of nitrogens with zero attached hydrogens (tertiary/aromatic N) is 1. The Labute approximate surface area is 183 Å². The first-order valence-corrected chi connectivity index (χ1v) is 9.55. The van der Waals surface area contributed by atoms with Crippen LogP contribution in [0.2, 0.25) is 5.02 Å². The third-order valence-corrected chi connectivity index (χ3v) is 4.58. The lowest BCUT2D eigenvalue weighted by molar-refractivity contribution is -0.125. The number of nitrogens with two attached hydrogens (primary N) is 1. The van der Waals surface area contributed by atoms with Crippen LogP contribution in [-0.4, -0.2) is 36.0 Å². The van der Waals surface area contributed by atoms with Crippen molar-refractivity contribution in [2.75, 3.05) is 12.4 Å². The molecule has 0 aliphatic heterocycles. The first kappa shape index (κ1) is 23.7. The molecule has 0 aromatic heterocycles. The zero-order valence-corrected chi connectivity index (χ0v) is 17.4. The maximum Gasteiger partial charge on any atom is 0.253 e. The van der Waals surface area contributed by atoms with Gasteiger partial charge in [-0.3, -0.25) is 14.4 Å². The van der Waals surface area contributed by atoms with E-state index in [0.717, 1.165) is 0 Å². The number of aliphatic hydroxyl groups excluding tert-OH is 1. The summed E-state index contributed by atoms with van der Waals surface area (Å²) in [5.74, 6) is -1.50. The number of carbonyl (C=O) groups is 3. The standard InChI is InChI=1S/C21H21ClN4O5/c1-31-18-6-3-13(9-15(18)22)11-25-20(29)14-8-12(10-23)2-4-16(14)26-21(30)17(27)5-7-19(24)28/h2-4,6,8-9,17,27H,5,7,11H2,1H3,(H2,24,28)(H,25,29)(H,26,30). The highest BCUT2D eigenvalue weighted by Crippen LogP contribution is 2.25. The minimum Gasteiger partial charge on any atom is -0.495 e. The van der Waals surface area contributed by atoms with Gasteiger partial charge in [0.15, 0.2) is 0 Å². The average molecular weight is 445 g/mol. The van der Waals surface area contributed by atoms with E-state index in [2.05, 4.69) is 10.6 Å². The highest BCUT2D eigenvalue weighted by Gasteiger charge is 2.20. The molecule has 0 saturated carbocycles. The van der Waals surface area contributed by atoms with Crippen LogP contribution >= 0.6 is 11.6 Å². The summed E-state index contributed by atoms with van der Waals surface area (Å²) in [5.41, 5.74) is 6.08. The second kappa shape index (κ2) is 11.0. The second-order valence-electron chi connectivity index (χ2n) is 6.53. The molecule has 5 N–H and O–H groups in total. The fourth-order valence-electron chi connectivity index (χ4n) is 2.63. The number of anilines is 1. The number of nitrogens with one attached hydrogen (secondary N) is 2. The van der Waals surface area contributed by atoms with E-state index in [1.54, 1.807) is 18.2 Å². The molecule has 0 fully saturated rings. The van der Waals surface area contributed by atoms with Crippen molar-refractivity contribution in [2.24, 2.45) is 5.73 Å². The van der Waals surface area contributed by atoms with Gasteiger partial charge in [-0.05, 0) is 42.3 Å². The van der Waals surface area contributed by atoms with E-state index in [-0.39, 0.29) is 36.2 Å². The van der Waals surface area contributed by atoms with Crippen molar-refractivity contribution in [2.45, 2.75) is 25.5 Å². The molecule has 0 saturated heterocycles. The van der Waals surface area contributed by atoms with Crippen LogP contribution in [0.15, 0.2) is 36.4 Å². The SMILES string of the molecule is COc1ccc(CNC(=O)c2cc(C#N)ccc2NC(=O)C(O)CCC(N)=O)cc1Cl. The summed E-state index contributed by atoms with van der Waals surface area (Å²) >= 11 is 6.08. The summed E-state index contributed by atoms with van der Waals surface area (Å²) in [5, 5.41) is 24.5. The summed E-state index contributed by atoms with van der Waals surface area (Å²) in [6.07, 6.45) is -1.81. The van der Waals surface area contributed by atoms with E-state index in [1.165, 1.54) is 25.3 Å². The summed E-state index contributed by atoms with van der Waals surface area (Å²) in [7, 11) is 1.49. The molecule has 0 aliphatic rings. The Hall–Kier alpha value is -3.61. The summed E-state index contributed by atoms with van der Waals surface area (Å²) in [4.78, 5) is 35.7. The highest BCUT2D eigenvalue weighted by molar-refractivity contribution is 6.32. The monoisotopic (exact) mass is 444 g/mol. The number of rotatable bonds is 9. The predicted molar refractivity (Wildman–Crippen MR) is 113 cm³/mol. The van der Waals surface area contributed by atoms with Crippen LogP contribution in [0.3, 0.4) is 0 Å². The number of hydrogen-bond acceptors (Lipinski definition) is 6. The largest absolute Gasteiger partial charge is 0.495 e. The van der Waals surface area contributed by atoms with Crippen LogP contribution in [0.5, 0.6) is 5.75 Å². The summed E-state index contributed by atoms with van der Waals surface area (Å²) < 4.78 is 5.09. The van der Waals surface area contributed by atoms with Crippen LogP contribution in [0.4, 0.5) is 5.69 Å². The minimum atomic E-state index is -1.49. The van der Waals surface area contributed by atoms with Gasteiger partial charge in [0.25, 0.3) is 11.8 Å². The first-order chi connectivity index (χ1) is 14.7. The number of amides is 3. The Kier molecular flexibility index (Phi) is 8.37. The third kappa shape index (κ3) is 6.70. The minimum absolute atomic E-state index is 0.0362. The second-order valence-corrected chi connectivity index (χ2v) is 6.94. The Morgan fingerprint density at radius 2 is 2.00 bits per heavy atom. The van der Waals surface area contributed by atoms with Crippen molar-refractivity contribution in [1.82, 2.24) is 5.32 Å². The van der Waals surface area contributed by atoms with Crippen molar-refractivity contribution >= 4 is 35.0 Å². The number of primary amides is 1. The Balaban J connectivity index is 2.15. The number of benzene rings is 2. The van der Waals surface area contributed by atoms with Crippen molar-refractivity contribution in [3.63, 3.8) is 0 Å². The number of ether oxygens (including phenoxy) is 1. The maximum absolute atomic E-state index is 12.7. The molecule has 0 spiro atoms. The normalized spacial score (nSPS) is 11.2. The van der Waals surface area contributed by atoms with Gasteiger partial charge in [-0.25, -0.2) is 0 Å². The lowest BCUT2D eigenvalue weighted by Crippen LogP contribution is -2.31. The predicted octanol–water partition coefficient (Wildman–Crippen LogP) is 1.72. The number of aliphatic hydroxyl groups is 1. The molecule has 1 atom stereocenters. The smallest absolute Gasteiger partial charge is 0.253 e. The van der Waals surface area contributed by atoms with E-state index in [0.29, 0.717) is 16.3 Å². The first-order valence-electron chi connectivity index (χ1n) is 9.17. The molecule has 2 rings (SSSR count). The van der Waals surface area contributed by atoms with Crippen LogP contribution in [0.1, 0.15) is 34.3 Å². The van der Waals surface area contributed by atoms with E-state index in [9.17, 15) is 19.5 Å². The van der Waals surface area contributed by atoms with Crippen LogP contribution in [0, 0.1) is 11.3 Å². The molecule has 31 heavy (non-hydrogen) atoms. The highest BCUT2D eigenvalue weighted by atomic mass is 35.5. The van der Waals surface area contributed by atoms with Gasteiger partial charge in [0.05, 0.1) is 35.0 Å². The topological polar surface area (TPSA) is 155 Å². The fourth-order valence-corrected chi connectivity index (χ4v) is 2.91. The van der Waals surface area contributed by atoms with Gasteiger partial charge in [-0.2, -0.15) is 5.26 Å². The number of carbonyl (C=O) groups excluding carboxylic acids is 3. The maximum atomic E-state index is 12.7. The van der Waals surface area contributed by atoms with Crippen LogP contribution in [-0.2, 0) is 16.1 Å². The zero-order valence-electron chi connectivity index (χ0n) is 16.6. The van der Waals surface area contributed by atoms with Crippen LogP contribution in [0.25, 0.3) is 0 Å². The molecule has 9 nitrogen and oxygen atoms in total. The van der Waals surface area contributed by atoms with E-state index in [1.807, 2.05) is 6.07 Å². The van der Waals surface area contributed by atoms with Crippen molar-refractivity contribution < 1.29 is 24.2 Å². The molecule has 2 aromatic rings. The van der Waals surface area contributed by atoms with Gasteiger partial charge in [0, 0.05) is 13.0 Å². The van der Waals surface area contributed by atoms with E-state index >= 15 is 0 Å². The lowest BCUT2D eigenvalue weighted by Gasteiger charge is -2.15. The molecule has 1 unspecified atom stereocenters. The number of halogens is 1. The van der Waals surface area contributed by atoms with Gasteiger partial charge >= 0.3 is 0 Å². The van der Waals surface area contributed by atoms with Crippen molar-refractivity contribution in [1.29, 1.82) is 5.26 Å². The van der Waals surface area contributed by atoms with Gasteiger partial charge in [0.2, 0.25) is 5.91 Å². The number of hydrogen-bond donors (Lipinski definition) is 4. The van der Waals surface area contributed by atoms with Gasteiger partial charge in [-0.15, -0.1) is 0 Å². The van der Waals surface area contributed by atoms with Crippen molar-refractivity contribution in [3.8, 4) is 11.8 Å². The number of methoxy groups -OCH3 is 1. The summed E-state index contributed by atoms with van der Waals surface area (Å²) in [6, 6.07) is 11.1. The molecule has 0 radical (unpaired) electrons. The molecule has 0 heterocycles. The molecule has 0 bridgehead atoms. The van der Waals surface area contributed by atoms with Gasteiger partial charge in [0.1, 0.15) is 11.9 Å². The Morgan fingerprint density at radius 3 is 2.61 bits per heavy atom.